The minimum atomic E-state index is -0.986. The molecule has 2 rings (SSSR count). The first-order valence-corrected chi connectivity index (χ1v) is 11.7. The Labute approximate surface area is 232 Å². The highest BCUT2D eigenvalue weighted by atomic mass is 35.5. The molecule has 0 spiro atoms. The zero-order valence-corrected chi connectivity index (χ0v) is 22.9. The van der Waals surface area contributed by atoms with Crippen LogP contribution in [0, 0.1) is 20.2 Å². The van der Waals surface area contributed by atoms with Gasteiger partial charge in [-0.25, -0.2) is 0 Å². The van der Waals surface area contributed by atoms with Gasteiger partial charge in [0, 0.05) is 32.9 Å². The number of azo groups is 1. The zero-order chi connectivity index (χ0) is 30.3. The number of rotatable bonds is 11. The molecule has 0 saturated carbocycles. The Bertz CT molecular complexity index is 1360. The second kappa shape index (κ2) is 13.3. The number of nitro benzene ring substituents is 2. The number of esters is 2. The van der Waals surface area contributed by atoms with Crippen LogP contribution < -0.4 is 15.0 Å². The molecule has 2 aromatic rings. The van der Waals surface area contributed by atoms with E-state index >= 15 is 0 Å². The van der Waals surface area contributed by atoms with Crippen LogP contribution in [0.3, 0.4) is 0 Å². The molecule has 0 aromatic heterocycles. The van der Waals surface area contributed by atoms with Crippen LogP contribution in [0.15, 0.2) is 34.5 Å². The molecule has 0 radical (unpaired) electrons. The predicted octanol–water partition coefficient (Wildman–Crippen LogP) is 5.16. The Morgan fingerprint density at radius 1 is 0.950 bits per heavy atom. The van der Waals surface area contributed by atoms with Gasteiger partial charge in [-0.1, -0.05) is 11.6 Å². The van der Waals surface area contributed by atoms with Crippen molar-refractivity contribution in [1.82, 2.24) is 0 Å². The van der Waals surface area contributed by atoms with Crippen LogP contribution in [-0.4, -0.2) is 47.3 Å². The Morgan fingerprint density at radius 3 is 1.98 bits per heavy atom. The van der Waals surface area contributed by atoms with Crippen molar-refractivity contribution in [2.45, 2.75) is 47.1 Å². The third-order valence-corrected chi connectivity index (χ3v) is 5.32. The maximum Gasteiger partial charge on any atom is 0.305 e. The summed E-state index contributed by atoms with van der Waals surface area (Å²) in [7, 11) is 1.31. The number of hydrogen-bond acceptors (Lipinski definition) is 13. The van der Waals surface area contributed by atoms with E-state index in [1.807, 2.05) is 0 Å². The van der Waals surface area contributed by atoms with E-state index in [0.717, 1.165) is 6.07 Å². The van der Waals surface area contributed by atoms with E-state index in [-0.39, 0.29) is 22.8 Å². The molecule has 0 aliphatic carbocycles. The minimum absolute atomic E-state index is 0.0304. The standard InChI is InChI=1S/C23H25ClN6O10/c1-11(31)25-18-9-20(28(12(2)39-14(4)32)13(3)40-15(5)33)22(38-6)10-19(18)26-27-23-17(24)7-16(29(34)35)8-21(23)30(36)37/h7-10,12-13H,1-6H3,(H,25,31). The number of hydrogen-bond donors (Lipinski definition) is 1. The Morgan fingerprint density at radius 2 is 1.52 bits per heavy atom. The lowest BCUT2D eigenvalue weighted by molar-refractivity contribution is -0.393. The molecule has 0 heterocycles. The molecular weight excluding hydrogens is 556 g/mol. The van der Waals surface area contributed by atoms with E-state index in [9.17, 15) is 34.6 Å². The van der Waals surface area contributed by atoms with Gasteiger partial charge >= 0.3 is 17.6 Å². The lowest BCUT2D eigenvalue weighted by Gasteiger charge is -2.35. The number of nitro groups is 2. The number of carbonyl (C=O) groups excluding carboxylic acids is 3. The van der Waals surface area contributed by atoms with Gasteiger partial charge in [-0.05, 0) is 19.9 Å². The third-order valence-electron chi connectivity index (χ3n) is 5.04. The summed E-state index contributed by atoms with van der Waals surface area (Å²) in [6.07, 6.45) is -1.97. The van der Waals surface area contributed by atoms with Crippen molar-refractivity contribution in [3.63, 3.8) is 0 Å². The van der Waals surface area contributed by atoms with Crippen LogP contribution in [0.25, 0.3) is 0 Å². The van der Waals surface area contributed by atoms with E-state index in [1.165, 1.54) is 58.8 Å². The van der Waals surface area contributed by atoms with Gasteiger partial charge in [0.15, 0.2) is 18.1 Å². The van der Waals surface area contributed by atoms with Crippen molar-refractivity contribution in [2.24, 2.45) is 10.2 Å². The number of nitrogens with one attached hydrogen (secondary N) is 1. The Balaban J connectivity index is 2.76. The minimum Gasteiger partial charge on any atom is -0.494 e. The van der Waals surface area contributed by atoms with Crippen LogP contribution in [0.4, 0.5) is 34.1 Å². The number of carbonyl (C=O) groups is 3. The molecular formula is C23H25ClN6O10. The number of non-ortho nitro benzene ring substituents is 1. The third kappa shape index (κ3) is 7.83. The molecule has 0 saturated heterocycles. The van der Waals surface area contributed by atoms with Gasteiger partial charge in [0.2, 0.25) is 5.91 Å². The lowest BCUT2D eigenvalue weighted by atomic mass is 10.2. The van der Waals surface area contributed by atoms with Gasteiger partial charge in [0.05, 0.1) is 39.4 Å². The average Bonchev–Trinajstić information content (AvgIpc) is 2.82. The van der Waals surface area contributed by atoms with Crippen LogP contribution in [0.2, 0.25) is 5.02 Å². The molecule has 0 aliphatic heterocycles. The Hall–Kier alpha value is -4.86. The molecule has 214 valence electrons. The van der Waals surface area contributed by atoms with Crippen LogP contribution in [0.5, 0.6) is 5.75 Å². The quantitative estimate of drug-likeness (QED) is 0.121. The van der Waals surface area contributed by atoms with E-state index < -0.39 is 62.2 Å². The van der Waals surface area contributed by atoms with Gasteiger partial charge in [0.1, 0.15) is 11.4 Å². The maximum absolute atomic E-state index is 12.0. The van der Waals surface area contributed by atoms with Crippen molar-refractivity contribution < 1.29 is 38.4 Å². The van der Waals surface area contributed by atoms with Crippen molar-refractivity contribution in [3.8, 4) is 5.75 Å². The van der Waals surface area contributed by atoms with Crippen molar-refractivity contribution >= 4 is 63.6 Å². The summed E-state index contributed by atoms with van der Waals surface area (Å²) in [6, 6.07) is 4.25. The van der Waals surface area contributed by atoms with E-state index in [1.54, 1.807) is 0 Å². The predicted molar refractivity (Wildman–Crippen MR) is 141 cm³/mol. The molecule has 2 atom stereocenters. The summed E-state index contributed by atoms with van der Waals surface area (Å²) < 4.78 is 16.0. The summed E-state index contributed by atoms with van der Waals surface area (Å²) >= 11 is 6.04. The van der Waals surface area contributed by atoms with Crippen molar-refractivity contribution in [3.05, 3.63) is 49.5 Å². The number of benzene rings is 2. The van der Waals surface area contributed by atoms with Crippen molar-refractivity contribution in [2.75, 3.05) is 17.3 Å². The van der Waals surface area contributed by atoms with Crippen LogP contribution in [-0.2, 0) is 23.9 Å². The normalized spacial score (nSPS) is 12.3. The zero-order valence-electron chi connectivity index (χ0n) is 22.2. The molecule has 2 aromatic carbocycles. The largest absolute Gasteiger partial charge is 0.494 e. The molecule has 17 heteroatoms. The summed E-state index contributed by atoms with van der Waals surface area (Å²) in [4.78, 5) is 57.6. The molecule has 0 bridgehead atoms. The van der Waals surface area contributed by atoms with Crippen LogP contribution >= 0.6 is 11.6 Å². The highest BCUT2D eigenvalue weighted by Crippen LogP contribution is 2.43. The molecule has 2 unspecified atom stereocenters. The van der Waals surface area contributed by atoms with E-state index in [4.69, 9.17) is 25.8 Å². The molecule has 40 heavy (non-hydrogen) atoms. The molecule has 16 nitrogen and oxygen atoms in total. The highest BCUT2D eigenvalue weighted by molar-refractivity contribution is 6.33. The fourth-order valence-electron chi connectivity index (χ4n) is 3.59. The van der Waals surface area contributed by atoms with E-state index in [2.05, 4.69) is 15.5 Å². The topological polar surface area (TPSA) is 205 Å². The average molecular weight is 581 g/mol. The van der Waals surface area contributed by atoms with Crippen LogP contribution in [0.1, 0.15) is 34.6 Å². The maximum atomic E-state index is 12.0. The summed E-state index contributed by atoms with van der Waals surface area (Å²) in [6.45, 7) is 6.63. The molecule has 0 fully saturated rings. The number of halogens is 1. The summed E-state index contributed by atoms with van der Waals surface area (Å²) in [5.74, 6) is -1.69. The first kappa shape index (κ1) is 31.4. The number of amides is 1. The highest BCUT2D eigenvalue weighted by Gasteiger charge is 2.29. The van der Waals surface area contributed by atoms with Crippen molar-refractivity contribution in [1.29, 1.82) is 0 Å². The monoisotopic (exact) mass is 580 g/mol. The van der Waals surface area contributed by atoms with Gasteiger partial charge in [-0.2, -0.15) is 0 Å². The SMILES string of the molecule is COc1cc(N=Nc2c(Cl)cc([N+](=O)[O-])cc2[N+](=O)[O-])c(NC(C)=O)cc1N(C(C)OC(C)=O)C(C)OC(C)=O. The fourth-order valence-corrected chi connectivity index (χ4v) is 3.84. The molecule has 0 aliphatic rings. The summed E-state index contributed by atoms with van der Waals surface area (Å²) in [5, 5.41) is 32.6. The first-order chi connectivity index (χ1) is 18.7. The van der Waals surface area contributed by atoms with Gasteiger partial charge in [-0.15, -0.1) is 10.2 Å². The molecule has 1 amide bonds. The number of ether oxygens (including phenoxy) is 3. The Kier molecular flexibility index (Phi) is 10.4. The van der Waals surface area contributed by atoms with Gasteiger partial charge in [-0.3, -0.25) is 39.5 Å². The number of nitrogens with zero attached hydrogens (tertiary/aromatic N) is 5. The fraction of sp³-hybridized carbons (Fsp3) is 0.348. The summed E-state index contributed by atoms with van der Waals surface area (Å²) in [5.41, 5.74) is -1.69. The van der Waals surface area contributed by atoms with E-state index in [0.29, 0.717) is 6.07 Å². The number of anilines is 2. The second-order valence-corrected chi connectivity index (χ2v) is 8.46. The lowest BCUT2D eigenvalue weighted by Crippen LogP contribution is -2.45. The smallest absolute Gasteiger partial charge is 0.305 e. The second-order valence-electron chi connectivity index (χ2n) is 8.06. The van der Waals surface area contributed by atoms with Gasteiger partial charge in [0.25, 0.3) is 5.69 Å². The first-order valence-electron chi connectivity index (χ1n) is 11.3. The molecule has 1 N–H and O–H groups in total. The van der Waals surface area contributed by atoms with Gasteiger partial charge < -0.3 is 19.5 Å². The number of methoxy groups -OCH3 is 1.